The maximum atomic E-state index is 12.3. The molecule has 2 heterocycles. The number of guanidine groups is 1. The first-order valence-electron chi connectivity index (χ1n) is 10.5. The van der Waals surface area contributed by atoms with Crippen LogP contribution in [0.1, 0.15) is 31.7 Å². The third kappa shape index (κ3) is 7.56. The topological polar surface area (TPSA) is 40.1 Å². The summed E-state index contributed by atoms with van der Waals surface area (Å²) in [4.78, 5) is 9.23. The number of morpholine rings is 1. The highest BCUT2D eigenvalue weighted by Crippen LogP contribution is 2.25. The van der Waals surface area contributed by atoms with Crippen LogP contribution in [0, 0.1) is 0 Å². The number of halogens is 4. The van der Waals surface area contributed by atoms with E-state index in [1.165, 1.54) is 5.56 Å². The Morgan fingerprint density at radius 2 is 1.97 bits per heavy atom. The average Bonchev–Trinajstić information content (AvgIpc) is 3.12. The number of alkyl halides is 3. The molecular formula is C21H32F3IN4O. The third-order valence-corrected chi connectivity index (χ3v) is 5.41. The zero-order chi connectivity index (χ0) is 20.7. The maximum absolute atomic E-state index is 12.3. The zero-order valence-electron chi connectivity index (χ0n) is 17.4. The van der Waals surface area contributed by atoms with Crippen molar-refractivity contribution in [1.82, 2.24) is 15.1 Å². The monoisotopic (exact) mass is 540 g/mol. The quantitative estimate of drug-likeness (QED) is 0.247. The summed E-state index contributed by atoms with van der Waals surface area (Å²) in [6, 6.07) is 10.7. The Kier molecular flexibility index (Phi) is 10.2. The summed E-state index contributed by atoms with van der Waals surface area (Å²) >= 11 is 0. The SMILES string of the molecule is CCNC(=NCCCCC(F)(F)F)N1CC2OCCN(Cc3ccccc3)C2C1.I. The summed E-state index contributed by atoms with van der Waals surface area (Å²) in [6.45, 7) is 7.20. The second kappa shape index (κ2) is 12.1. The molecule has 2 saturated heterocycles. The van der Waals surface area contributed by atoms with E-state index in [0.29, 0.717) is 19.6 Å². The maximum Gasteiger partial charge on any atom is 0.389 e. The van der Waals surface area contributed by atoms with Crippen LogP contribution in [0.2, 0.25) is 0 Å². The summed E-state index contributed by atoms with van der Waals surface area (Å²) in [5.74, 6) is 0.775. The van der Waals surface area contributed by atoms with Crippen LogP contribution in [-0.2, 0) is 11.3 Å². The summed E-state index contributed by atoms with van der Waals surface area (Å²) in [5.41, 5.74) is 1.29. The fourth-order valence-corrected chi connectivity index (χ4v) is 3.99. The van der Waals surface area contributed by atoms with Gasteiger partial charge in [0.2, 0.25) is 0 Å². The molecule has 170 valence electrons. The number of nitrogens with zero attached hydrogens (tertiary/aromatic N) is 3. The molecule has 2 atom stereocenters. The number of ether oxygens (including phenoxy) is 1. The molecule has 1 aromatic rings. The van der Waals surface area contributed by atoms with Gasteiger partial charge in [0, 0.05) is 45.7 Å². The molecule has 2 aliphatic rings. The lowest BCUT2D eigenvalue weighted by atomic mass is 10.1. The Morgan fingerprint density at radius 3 is 2.67 bits per heavy atom. The van der Waals surface area contributed by atoms with E-state index in [0.717, 1.165) is 38.7 Å². The number of unbranched alkanes of at least 4 members (excludes halogenated alkanes) is 1. The molecule has 0 aromatic heterocycles. The van der Waals surface area contributed by atoms with Gasteiger partial charge in [0.15, 0.2) is 5.96 Å². The van der Waals surface area contributed by atoms with Crippen LogP contribution in [0.25, 0.3) is 0 Å². The second-order valence-corrected chi connectivity index (χ2v) is 7.65. The third-order valence-electron chi connectivity index (χ3n) is 5.41. The molecule has 0 aliphatic carbocycles. The Morgan fingerprint density at radius 1 is 1.20 bits per heavy atom. The van der Waals surface area contributed by atoms with Gasteiger partial charge in [-0.3, -0.25) is 9.89 Å². The van der Waals surface area contributed by atoms with Crippen molar-refractivity contribution in [2.24, 2.45) is 4.99 Å². The van der Waals surface area contributed by atoms with Crippen LogP contribution in [0.5, 0.6) is 0 Å². The van der Waals surface area contributed by atoms with Gasteiger partial charge in [-0.1, -0.05) is 30.3 Å². The molecule has 3 rings (SSSR count). The van der Waals surface area contributed by atoms with Crippen LogP contribution in [0.3, 0.4) is 0 Å². The van der Waals surface area contributed by atoms with Crippen LogP contribution in [-0.4, -0.2) is 73.4 Å². The summed E-state index contributed by atoms with van der Waals surface area (Å²) in [7, 11) is 0. The van der Waals surface area contributed by atoms with E-state index in [2.05, 4.69) is 44.4 Å². The van der Waals surface area contributed by atoms with Crippen LogP contribution < -0.4 is 5.32 Å². The predicted molar refractivity (Wildman–Crippen MR) is 123 cm³/mol. The highest BCUT2D eigenvalue weighted by atomic mass is 127. The molecule has 0 radical (unpaired) electrons. The smallest absolute Gasteiger partial charge is 0.373 e. The summed E-state index contributed by atoms with van der Waals surface area (Å²) in [5, 5.41) is 3.29. The standard InChI is InChI=1S/C21H31F3N4O.HI/c1-2-25-20(26-11-7-6-10-21(22,23)24)28-15-18-19(16-28)29-13-12-27(18)14-17-8-4-3-5-9-17;/h3-5,8-9,18-19H,2,6-7,10-16H2,1H3,(H,25,26);1H. The number of fused-ring (bicyclic) bond motifs is 1. The molecule has 1 aromatic carbocycles. The van der Waals surface area contributed by atoms with Gasteiger partial charge in [-0.15, -0.1) is 24.0 Å². The Balaban J connectivity index is 0.00000320. The largest absolute Gasteiger partial charge is 0.389 e. The molecule has 5 nitrogen and oxygen atoms in total. The molecule has 1 N–H and O–H groups in total. The van der Waals surface area contributed by atoms with Gasteiger partial charge in [0.05, 0.1) is 18.8 Å². The molecule has 0 amide bonds. The van der Waals surface area contributed by atoms with Crippen molar-refractivity contribution >= 4 is 29.9 Å². The minimum Gasteiger partial charge on any atom is -0.373 e. The molecule has 0 spiro atoms. The van der Waals surface area contributed by atoms with Crippen molar-refractivity contribution in [3.63, 3.8) is 0 Å². The minimum atomic E-state index is -4.08. The van der Waals surface area contributed by atoms with E-state index in [4.69, 9.17) is 4.74 Å². The van der Waals surface area contributed by atoms with Gasteiger partial charge < -0.3 is 15.0 Å². The molecular weight excluding hydrogens is 508 g/mol. The second-order valence-electron chi connectivity index (χ2n) is 7.65. The van der Waals surface area contributed by atoms with E-state index in [-0.39, 0.29) is 42.5 Å². The zero-order valence-corrected chi connectivity index (χ0v) is 19.7. The number of aliphatic imine (C=N–C) groups is 1. The van der Waals surface area contributed by atoms with Crippen molar-refractivity contribution < 1.29 is 17.9 Å². The van der Waals surface area contributed by atoms with Crippen molar-refractivity contribution in [2.45, 2.75) is 51.1 Å². The number of benzene rings is 1. The molecule has 0 bridgehead atoms. The number of rotatable bonds is 7. The Bertz CT molecular complexity index is 659. The highest BCUT2D eigenvalue weighted by molar-refractivity contribution is 14.0. The van der Waals surface area contributed by atoms with E-state index in [1.807, 2.05) is 13.0 Å². The first kappa shape index (κ1) is 25.2. The summed E-state index contributed by atoms with van der Waals surface area (Å²) < 4.78 is 42.9. The van der Waals surface area contributed by atoms with Crippen LogP contribution >= 0.6 is 24.0 Å². The molecule has 2 aliphatic heterocycles. The molecule has 2 unspecified atom stereocenters. The Hall–Kier alpha value is -1.07. The van der Waals surface area contributed by atoms with Crippen molar-refractivity contribution in [3.8, 4) is 0 Å². The number of likely N-dealkylation sites (tertiary alicyclic amines) is 1. The van der Waals surface area contributed by atoms with Crippen molar-refractivity contribution in [1.29, 1.82) is 0 Å². The predicted octanol–water partition coefficient (Wildman–Crippen LogP) is 3.89. The van der Waals surface area contributed by atoms with E-state index in [9.17, 15) is 13.2 Å². The van der Waals surface area contributed by atoms with Gasteiger partial charge in [0.25, 0.3) is 0 Å². The van der Waals surface area contributed by atoms with Crippen molar-refractivity contribution in [2.75, 3.05) is 39.3 Å². The van der Waals surface area contributed by atoms with Gasteiger partial charge in [0.1, 0.15) is 0 Å². The van der Waals surface area contributed by atoms with Gasteiger partial charge >= 0.3 is 6.18 Å². The molecule has 30 heavy (non-hydrogen) atoms. The average molecular weight is 540 g/mol. The first-order chi connectivity index (χ1) is 14.0. The van der Waals surface area contributed by atoms with E-state index < -0.39 is 12.6 Å². The van der Waals surface area contributed by atoms with Gasteiger partial charge in [-0.2, -0.15) is 13.2 Å². The number of hydrogen-bond acceptors (Lipinski definition) is 3. The molecule has 0 saturated carbocycles. The van der Waals surface area contributed by atoms with Gasteiger partial charge in [-0.05, 0) is 25.3 Å². The van der Waals surface area contributed by atoms with E-state index in [1.54, 1.807) is 0 Å². The Labute approximate surface area is 194 Å². The van der Waals surface area contributed by atoms with E-state index >= 15 is 0 Å². The first-order valence-corrected chi connectivity index (χ1v) is 10.5. The lowest BCUT2D eigenvalue weighted by molar-refractivity contribution is -0.135. The summed E-state index contributed by atoms with van der Waals surface area (Å²) in [6.07, 6.45) is -4.15. The van der Waals surface area contributed by atoms with Gasteiger partial charge in [-0.25, -0.2) is 0 Å². The van der Waals surface area contributed by atoms with Crippen LogP contribution in [0.4, 0.5) is 13.2 Å². The molecule has 9 heteroatoms. The minimum absolute atomic E-state index is 0. The van der Waals surface area contributed by atoms with Crippen molar-refractivity contribution in [3.05, 3.63) is 35.9 Å². The highest BCUT2D eigenvalue weighted by Gasteiger charge is 2.41. The number of nitrogens with one attached hydrogen (secondary N) is 1. The normalized spacial score (nSPS) is 22.5. The lowest BCUT2D eigenvalue weighted by Gasteiger charge is -2.36. The van der Waals surface area contributed by atoms with Crippen LogP contribution in [0.15, 0.2) is 35.3 Å². The fourth-order valence-electron chi connectivity index (χ4n) is 3.99. The number of hydrogen-bond donors (Lipinski definition) is 1. The fraction of sp³-hybridized carbons (Fsp3) is 0.667. The lowest BCUT2D eigenvalue weighted by Crippen LogP contribution is -2.50. The molecule has 2 fully saturated rings.